The van der Waals surface area contributed by atoms with Gasteiger partial charge in [0, 0.05) is 24.3 Å². The van der Waals surface area contributed by atoms with Crippen molar-refractivity contribution >= 4 is 33.4 Å². The van der Waals surface area contributed by atoms with Crippen molar-refractivity contribution in [3.05, 3.63) is 54.1 Å². The SMILES string of the molecule is CCN(CC)S(=O)(=O)c1cccc(-c2nnc(SC(C)C(=O)Nc3cccc(C)c3)o2)c1. The zero-order valence-corrected chi connectivity index (χ0v) is 20.0. The first-order chi connectivity index (χ1) is 15.2. The number of amides is 1. The molecule has 0 aliphatic carbocycles. The quantitative estimate of drug-likeness (QED) is 0.464. The van der Waals surface area contributed by atoms with E-state index in [1.54, 1.807) is 39.0 Å². The molecule has 0 fully saturated rings. The van der Waals surface area contributed by atoms with Crippen molar-refractivity contribution in [1.82, 2.24) is 14.5 Å². The van der Waals surface area contributed by atoms with Gasteiger partial charge in [-0.25, -0.2) is 8.42 Å². The standard InChI is InChI=1S/C22H26N4O4S2/c1-5-26(6-2)32(28,29)19-12-8-10-17(14-19)21-24-25-22(30-21)31-16(4)20(27)23-18-11-7-9-15(3)13-18/h7-14,16H,5-6H2,1-4H3,(H,23,27). The summed E-state index contributed by atoms with van der Waals surface area (Å²) in [5.74, 6) is 0.00283. The molecule has 0 aliphatic heterocycles. The fraction of sp³-hybridized carbons (Fsp3) is 0.318. The van der Waals surface area contributed by atoms with E-state index in [9.17, 15) is 13.2 Å². The van der Waals surface area contributed by atoms with Crippen LogP contribution < -0.4 is 5.32 Å². The highest BCUT2D eigenvalue weighted by molar-refractivity contribution is 8.00. The molecule has 32 heavy (non-hydrogen) atoms. The summed E-state index contributed by atoms with van der Waals surface area (Å²) in [6.07, 6.45) is 0. The Bertz CT molecular complexity index is 1190. The van der Waals surface area contributed by atoms with E-state index in [1.807, 2.05) is 31.2 Å². The Balaban J connectivity index is 1.72. The number of hydrogen-bond donors (Lipinski definition) is 1. The molecule has 10 heteroatoms. The van der Waals surface area contributed by atoms with Crippen LogP contribution in [0.5, 0.6) is 0 Å². The number of nitrogens with zero attached hydrogens (tertiary/aromatic N) is 3. The third kappa shape index (κ3) is 5.56. The van der Waals surface area contributed by atoms with E-state index in [0.29, 0.717) is 18.7 Å². The summed E-state index contributed by atoms with van der Waals surface area (Å²) < 4.78 is 32.6. The van der Waals surface area contributed by atoms with Crippen LogP contribution in [0.25, 0.3) is 11.5 Å². The number of thioether (sulfide) groups is 1. The molecule has 8 nitrogen and oxygen atoms in total. The lowest BCUT2D eigenvalue weighted by Crippen LogP contribution is -2.30. The average molecular weight is 475 g/mol. The van der Waals surface area contributed by atoms with Gasteiger partial charge >= 0.3 is 0 Å². The van der Waals surface area contributed by atoms with Crippen molar-refractivity contribution in [3.63, 3.8) is 0 Å². The van der Waals surface area contributed by atoms with Gasteiger partial charge in [-0.2, -0.15) is 4.31 Å². The molecule has 1 amide bonds. The molecule has 3 aromatic rings. The van der Waals surface area contributed by atoms with Crippen LogP contribution in [-0.4, -0.2) is 47.2 Å². The van der Waals surface area contributed by atoms with Crippen molar-refractivity contribution in [1.29, 1.82) is 0 Å². The van der Waals surface area contributed by atoms with Gasteiger partial charge in [0.25, 0.3) is 5.22 Å². The number of carbonyl (C=O) groups is 1. The summed E-state index contributed by atoms with van der Waals surface area (Å²) in [7, 11) is -3.60. The van der Waals surface area contributed by atoms with Crippen LogP contribution in [0.15, 0.2) is 63.1 Å². The maximum Gasteiger partial charge on any atom is 0.277 e. The Hall–Kier alpha value is -2.69. The Kier molecular flexibility index (Phi) is 7.70. The Morgan fingerprint density at radius 3 is 2.53 bits per heavy atom. The number of rotatable bonds is 9. The highest BCUT2D eigenvalue weighted by atomic mass is 32.2. The molecule has 170 valence electrons. The van der Waals surface area contributed by atoms with E-state index in [-0.39, 0.29) is 21.9 Å². The fourth-order valence-electron chi connectivity index (χ4n) is 3.05. The van der Waals surface area contributed by atoms with E-state index >= 15 is 0 Å². The van der Waals surface area contributed by atoms with Gasteiger partial charge in [0.15, 0.2) is 0 Å². The molecule has 0 saturated heterocycles. The fourth-order valence-corrected chi connectivity index (χ4v) is 5.24. The summed E-state index contributed by atoms with van der Waals surface area (Å²) in [5.41, 5.74) is 2.27. The van der Waals surface area contributed by atoms with E-state index in [2.05, 4.69) is 15.5 Å². The molecule has 0 saturated carbocycles. The van der Waals surface area contributed by atoms with E-state index < -0.39 is 15.3 Å². The van der Waals surface area contributed by atoms with Crippen molar-refractivity contribution < 1.29 is 17.6 Å². The lowest BCUT2D eigenvalue weighted by atomic mass is 10.2. The van der Waals surface area contributed by atoms with Crippen LogP contribution in [0.3, 0.4) is 0 Å². The minimum absolute atomic E-state index is 0.164. The first kappa shape index (κ1) is 24.0. The minimum Gasteiger partial charge on any atom is -0.411 e. The highest BCUT2D eigenvalue weighted by Crippen LogP contribution is 2.28. The molecule has 1 aromatic heterocycles. The number of carbonyl (C=O) groups excluding carboxylic acids is 1. The number of benzene rings is 2. The maximum atomic E-state index is 12.8. The predicted octanol–water partition coefficient (Wildman–Crippen LogP) is 4.19. The van der Waals surface area contributed by atoms with Crippen LogP contribution >= 0.6 is 11.8 Å². The van der Waals surface area contributed by atoms with Crippen LogP contribution in [0.1, 0.15) is 26.3 Å². The maximum absolute atomic E-state index is 12.8. The first-order valence-electron chi connectivity index (χ1n) is 10.2. The van der Waals surface area contributed by atoms with Gasteiger partial charge in [-0.3, -0.25) is 4.79 Å². The molecular weight excluding hydrogens is 448 g/mol. The van der Waals surface area contributed by atoms with Gasteiger partial charge in [-0.15, -0.1) is 10.2 Å². The second-order valence-electron chi connectivity index (χ2n) is 7.11. The normalized spacial score (nSPS) is 12.7. The summed E-state index contributed by atoms with van der Waals surface area (Å²) in [6, 6.07) is 13.9. The number of aromatic nitrogens is 2. The molecule has 0 aliphatic rings. The largest absolute Gasteiger partial charge is 0.411 e. The lowest BCUT2D eigenvalue weighted by Gasteiger charge is -2.18. The third-order valence-corrected chi connectivity index (χ3v) is 7.74. The zero-order chi connectivity index (χ0) is 23.3. The monoisotopic (exact) mass is 474 g/mol. The molecule has 3 rings (SSSR count). The molecule has 1 heterocycles. The Morgan fingerprint density at radius 2 is 1.84 bits per heavy atom. The molecule has 1 atom stereocenters. The van der Waals surface area contributed by atoms with Gasteiger partial charge in [0.05, 0.1) is 10.1 Å². The number of sulfonamides is 1. The van der Waals surface area contributed by atoms with Crippen molar-refractivity contribution in [2.45, 2.75) is 43.1 Å². The molecule has 0 radical (unpaired) electrons. The van der Waals surface area contributed by atoms with Gasteiger partial charge in [0.2, 0.25) is 21.8 Å². The van der Waals surface area contributed by atoms with Crippen LogP contribution in [-0.2, 0) is 14.8 Å². The summed E-state index contributed by atoms with van der Waals surface area (Å²) in [5, 5.41) is 10.6. The number of aryl methyl sites for hydroxylation is 1. The van der Waals surface area contributed by atoms with Gasteiger partial charge in [-0.05, 0) is 49.7 Å². The first-order valence-corrected chi connectivity index (χ1v) is 12.5. The molecule has 2 aromatic carbocycles. The second-order valence-corrected chi connectivity index (χ2v) is 10.3. The smallest absolute Gasteiger partial charge is 0.277 e. The summed E-state index contributed by atoms with van der Waals surface area (Å²) in [6.45, 7) is 8.05. The summed E-state index contributed by atoms with van der Waals surface area (Å²) in [4.78, 5) is 12.7. The van der Waals surface area contributed by atoms with Crippen LogP contribution in [0.4, 0.5) is 5.69 Å². The topological polar surface area (TPSA) is 105 Å². The van der Waals surface area contributed by atoms with Crippen molar-refractivity contribution in [2.24, 2.45) is 0 Å². The van der Waals surface area contributed by atoms with Crippen molar-refractivity contribution in [3.8, 4) is 11.5 Å². The molecule has 1 unspecified atom stereocenters. The Morgan fingerprint density at radius 1 is 1.12 bits per heavy atom. The number of hydrogen-bond acceptors (Lipinski definition) is 7. The van der Waals surface area contributed by atoms with Crippen molar-refractivity contribution in [2.75, 3.05) is 18.4 Å². The Labute approximate surface area is 192 Å². The molecule has 0 bridgehead atoms. The zero-order valence-electron chi connectivity index (χ0n) is 18.4. The average Bonchev–Trinajstić information content (AvgIpc) is 3.23. The lowest BCUT2D eigenvalue weighted by molar-refractivity contribution is -0.115. The highest BCUT2D eigenvalue weighted by Gasteiger charge is 2.23. The van der Waals surface area contributed by atoms with Gasteiger partial charge in [-0.1, -0.05) is 43.8 Å². The number of anilines is 1. The van der Waals surface area contributed by atoms with Crippen LogP contribution in [0.2, 0.25) is 0 Å². The molecule has 0 spiro atoms. The second kappa shape index (κ2) is 10.3. The summed E-state index contributed by atoms with van der Waals surface area (Å²) >= 11 is 1.13. The minimum atomic E-state index is -3.60. The van der Waals surface area contributed by atoms with E-state index in [1.165, 1.54) is 10.4 Å². The van der Waals surface area contributed by atoms with Gasteiger partial charge < -0.3 is 9.73 Å². The number of nitrogens with one attached hydrogen (secondary N) is 1. The van der Waals surface area contributed by atoms with Gasteiger partial charge in [0.1, 0.15) is 0 Å². The third-order valence-electron chi connectivity index (χ3n) is 4.76. The predicted molar refractivity (Wildman–Crippen MR) is 125 cm³/mol. The van der Waals surface area contributed by atoms with E-state index in [0.717, 1.165) is 23.0 Å². The molecular formula is C22H26N4O4S2. The van der Waals surface area contributed by atoms with E-state index in [4.69, 9.17) is 4.42 Å². The van der Waals surface area contributed by atoms with Crippen LogP contribution in [0, 0.1) is 6.92 Å². The molecule has 1 N–H and O–H groups in total.